The zero-order chi connectivity index (χ0) is 13.4. The summed E-state index contributed by atoms with van der Waals surface area (Å²) in [4.78, 5) is 4.38. The molecule has 5 nitrogen and oxygen atoms in total. The fourth-order valence-corrected chi connectivity index (χ4v) is 2.55. The minimum Gasteiger partial charge on any atom is -0.427 e. The van der Waals surface area contributed by atoms with Gasteiger partial charge < -0.3 is 10.4 Å². The van der Waals surface area contributed by atoms with Crippen LogP contribution in [0.1, 0.15) is 24.2 Å². The molecule has 1 heterocycles. The van der Waals surface area contributed by atoms with E-state index in [0.717, 1.165) is 16.7 Å². The zero-order valence-electron chi connectivity index (χ0n) is 10.0. The van der Waals surface area contributed by atoms with Gasteiger partial charge in [-0.05, 0) is 31.4 Å². The van der Waals surface area contributed by atoms with Crippen LogP contribution in [-0.4, -0.2) is 25.8 Å². The summed E-state index contributed by atoms with van der Waals surface area (Å²) < 4.78 is 1.06. The van der Waals surface area contributed by atoms with Crippen molar-refractivity contribution in [2.45, 2.75) is 19.3 Å². The number of imidazole rings is 1. The summed E-state index contributed by atoms with van der Waals surface area (Å²) >= 11 is 5.95. The smallest absolute Gasteiger partial charge is 0.176 e. The number of nitrogens with zero attached hydrogens (tertiary/aromatic N) is 3. The van der Waals surface area contributed by atoms with Crippen LogP contribution in [0.15, 0.2) is 29.4 Å². The highest BCUT2D eigenvalue weighted by Gasteiger charge is 2.25. The molecular weight excluding hydrogens is 266 g/mol. The maximum Gasteiger partial charge on any atom is 0.176 e. The van der Waals surface area contributed by atoms with Crippen LogP contribution in [-0.2, 0) is 6.42 Å². The van der Waals surface area contributed by atoms with Gasteiger partial charge in [0.25, 0.3) is 0 Å². The van der Waals surface area contributed by atoms with Gasteiger partial charge in [0.1, 0.15) is 11.4 Å². The lowest BCUT2D eigenvalue weighted by molar-refractivity contribution is 0.181. The molecular formula is C13H12ClN3O2. The van der Waals surface area contributed by atoms with E-state index in [1.165, 1.54) is 0 Å². The molecule has 3 rings (SSSR count). The number of fused-ring (bicyclic) bond motifs is 1. The highest BCUT2D eigenvalue weighted by molar-refractivity contribution is 6.30. The molecule has 6 heteroatoms. The molecule has 0 radical (unpaired) electrons. The van der Waals surface area contributed by atoms with Crippen molar-refractivity contribution in [3.05, 3.63) is 40.7 Å². The summed E-state index contributed by atoms with van der Waals surface area (Å²) in [6.45, 7) is 0. The van der Waals surface area contributed by atoms with Gasteiger partial charge in [0.05, 0.1) is 5.69 Å². The predicted molar refractivity (Wildman–Crippen MR) is 71.1 cm³/mol. The Morgan fingerprint density at radius 1 is 1.32 bits per heavy atom. The monoisotopic (exact) mass is 277 g/mol. The Morgan fingerprint density at radius 2 is 2.16 bits per heavy atom. The fourth-order valence-electron chi connectivity index (χ4n) is 2.35. The van der Waals surface area contributed by atoms with Gasteiger partial charge in [-0.2, -0.15) is 4.73 Å². The third kappa shape index (κ3) is 1.96. The summed E-state index contributed by atoms with van der Waals surface area (Å²) in [5.74, 6) is 0.413. The molecule has 0 saturated carbocycles. The molecule has 98 valence electrons. The highest BCUT2D eigenvalue weighted by atomic mass is 35.5. The Labute approximate surface area is 114 Å². The first-order valence-electron chi connectivity index (χ1n) is 5.99. The second kappa shape index (κ2) is 4.59. The molecule has 19 heavy (non-hydrogen) atoms. The van der Waals surface area contributed by atoms with E-state index < -0.39 is 0 Å². The normalized spacial score (nSPS) is 16.6. The quantitative estimate of drug-likeness (QED) is 0.478. The number of aromatic nitrogens is 2. The van der Waals surface area contributed by atoms with Crippen molar-refractivity contribution < 1.29 is 10.4 Å². The van der Waals surface area contributed by atoms with E-state index in [-0.39, 0.29) is 0 Å². The molecule has 1 aromatic heterocycles. The third-order valence-electron chi connectivity index (χ3n) is 3.25. The molecule has 0 fully saturated rings. The van der Waals surface area contributed by atoms with Gasteiger partial charge in [0, 0.05) is 10.6 Å². The molecule has 0 spiro atoms. The van der Waals surface area contributed by atoms with E-state index in [2.05, 4.69) is 10.1 Å². The summed E-state index contributed by atoms with van der Waals surface area (Å²) in [6.07, 6.45) is 2.20. The Balaban J connectivity index is 2.17. The van der Waals surface area contributed by atoms with Crippen molar-refractivity contribution in [2.75, 3.05) is 0 Å². The molecule has 2 aromatic rings. The summed E-state index contributed by atoms with van der Waals surface area (Å²) in [7, 11) is 0. The molecule has 0 saturated heterocycles. The average Bonchev–Trinajstić information content (AvgIpc) is 2.76. The van der Waals surface area contributed by atoms with Crippen molar-refractivity contribution in [2.24, 2.45) is 5.16 Å². The first kappa shape index (κ1) is 12.0. The van der Waals surface area contributed by atoms with Crippen LogP contribution in [0.25, 0.3) is 11.4 Å². The highest BCUT2D eigenvalue weighted by Crippen LogP contribution is 2.28. The number of hydrogen-bond acceptors (Lipinski definition) is 4. The van der Waals surface area contributed by atoms with E-state index in [1.807, 2.05) is 6.07 Å². The molecule has 0 unspecified atom stereocenters. The topological polar surface area (TPSA) is 70.6 Å². The molecule has 0 atom stereocenters. The van der Waals surface area contributed by atoms with Gasteiger partial charge in [-0.25, -0.2) is 4.98 Å². The zero-order valence-corrected chi connectivity index (χ0v) is 10.8. The minimum atomic E-state index is 0.413. The van der Waals surface area contributed by atoms with E-state index in [1.54, 1.807) is 18.2 Å². The van der Waals surface area contributed by atoms with Gasteiger partial charge >= 0.3 is 0 Å². The van der Waals surface area contributed by atoms with Gasteiger partial charge in [0.2, 0.25) is 0 Å². The molecule has 2 N–H and O–H groups in total. The van der Waals surface area contributed by atoms with Crippen LogP contribution in [0.4, 0.5) is 0 Å². The van der Waals surface area contributed by atoms with E-state index in [9.17, 15) is 5.21 Å². The molecule has 0 aliphatic heterocycles. The maximum absolute atomic E-state index is 10.2. The molecule has 0 amide bonds. The predicted octanol–water partition coefficient (Wildman–Crippen LogP) is 2.96. The van der Waals surface area contributed by atoms with Crippen molar-refractivity contribution in [1.29, 1.82) is 0 Å². The van der Waals surface area contributed by atoms with E-state index in [4.69, 9.17) is 16.8 Å². The fraction of sp³-hybridized carbons (Fsp3) is 0.231. The number of halogens is 1. The molecule has 1 aliphatic rings. The van der Waals surface area contributed by atoms with Crippen LogP contribution in [0.5, 0.6) is 0 Å². The Bertz CT molecular complexity index is 664. The van der Waals surface area contributed by atoms with Crippen molar-refractivity contribution in [1.82, 2.24) is 9.71 Å². The van der Waals surface area contributed by atoms with Crippen LogP contribution in [0.2, 0.25) is 5.02 Å². The lowest BCUT2D eigenvalue weighted by atomic mass is 9.99. The maximum atomic E-state index is 10.2. The molecule has 0 bridgehead atoms. The number of benzene rings is 1. The lowest BCUT2D eigenvalue weighted by Crippen LogP contribution is -2.13. The Morgan fingerprint density at radius 3 is 2.89 bits per heavy atom. The Hall–Kier alpha value is -2.01. The number of rotatable bonds is 1. The minimum absolute atomic E-state index is 0.413. The summed E-state index contributed by atoms with van der Waals surface area (Å²) in [5.41, 5.74) is 2.47. The summed E-state index contributed by atoms with van der Waals surface area (Å²) in [6, 6.07) is 7.11. The van der Waals surface area contributed by atoms with Crippen molar-refractivity contribution in [3.63, 3.8) is 0 Å². The van der Waals surface area contributed by atoms with Crippen LogP contribution < -0.4 is 0 Å². The number of hydrogen-bond donors (Lipinski definition) is 2. The van der Waals surface area contributed by atoms with Crippen LogP contribution in [0, 0.1) is 0 Å². The van der Waals surface area contributed by atoms with E-state index in [0.29, 0.717) is 40.8 Å². The third-order valence-corrected chi connectivity index (χ3v) is 3.49. The second-order valence-electron chi connectivity index (χ2n) is 4.45. The molecule has 1 aliphatic carbocycles. The van der Waals surface area contributed by atoms with Crippen LogP contribution in [0.3, 0.4) is 0 Å². The van der Waals surface area contributed by atoms with Crippen LogP contribution >= 0.6 is 11.6 Å². The second-order valence-corrected chi connectivity index (χ2v) is 4.89. The first-order valence-corrected chi connectivity index (χ1v) is 6.36. The van der Waals surface area contributed by atoms with Crippen molar-refractivity contribution in [3.8, 4) is 11.4 Å². The first-order chi connectivity index (χ1) is 9.20. The average molecular weight is 278 g/mol. The lowest BCUT2D eigenvalue weighted by Gasteiger charge is -2.11. The number of oxime groups is 1. The van der Waals surface area contributed by atoms with Crippen molar-refractivity contribution >= 4 is 17.3 Å². The standard InChI is InChI=1S/C13H12ClN3O2/c14-9-4-1-3-8(7-9)13-15-12-10(16-18)5-2-6-11(12)17(13)19/h1,3-4,7,18-19H,2,5-6H2. The van der Waals surface area contributed by atoms with Gasteiger partial charge in [-0.15, -0.1) is 0 Å². The van der Waals surface area contributed by atoms with E-state index >= 15 is 0 Å². The van der Waals surface area contributed by atoms with Gasteiger partial charge in [-0.1, -0.05) is 28.9 Å². The summed E-state index contributed by atoms with van der Waals surface area (Å²) in [5, 5.41) is 23.0. The Kier molecular flexibility index (Phi) is 2.91. The SMILES string of the molecule is ON=C1CCCc2c1nc(-c1cccc(Cl)c1)n2O. The van der Waals surface area contributed by atoms with Gasteiger partial charge in [-0.3, -0.25) is 0 Å². The molecule has 1 aromatic carbocycles. The van der Waals surface area contributed by atoms with Gasteiger partial charge in [0.15, 0.2) is 5.82 Å². The largest absolute Gasteiger partial charge is 0.427 e.